The first-order valence-corrected chi connectivity index (χ1v) is 7.24. The van der Waals surface area contributed by atoms with Crippen molar-refractivity contribution in [3.8, 4) is 0 Å². The number of hydrogen-bond acceptors (Lipinski definition) is 4. The zero-order valence-electron chi connectivity index (χ0n) is 13.2. The molecule has 0 aliphatic heterocycles. The van der Waals surface area contributed by atoms with Crippen LogP contribution < -0.4 is 10.2 Å². The summed E-state index contributed by atoms with van der Waals surface area (Å²) in [6, 6.07) is 0. The van der Waals surface area contributed by atoms with Crippen molar-refractivity contribution in [3.05, 3.63) is 17.7 Å². The van der Waals surface area contributed by atoms with Crippen LogP contribution in [0.15, 0.2) is 6.20 Å². The molecule has 1 rings (SSSR count). The van der Waals surface area contributed by atoms with Gasteiger partial charge in [-0.05, 0) is 19.9 Å². The standard InChI is InChI=1S/C15H28N4/c1-7-19(10-11(2)3)14-9-17-15(12(4)5)18-13(14)8-16-6/h9,11-12,16H,7-8,10H2,1-6H3. The van der Waals surface area contributed by atoms with Crippen LogP contribution in [0.1, 0.15) is 52.1 Å². The van der Waals surface area contributed by atoms with Crippen LogP contribution >= 0.6 is 0 Å². The number of aromatic nitrogens is 2. The highest BCUT2D eigenvalue weighted by atomic mass is 15.2. The lowest BCUT2D eigenvalue weighted by Crippen LogP contribution is -2.29. The van der Waals surface area contributed by atoms with E-state index >= 15 is 0 Å². The molecule has 4 heteroatoms. The maximum Gasteiger partial charge on any atom is 0.131 e. The van der Waals surface area contributed by atoms with Gasteiger partial charge in [-0.25, -0.2) is 9.97 Å². The van der Waals surface area contributed by atoms with Gasteiger partial charge in [-0.1, -0.05) is 27.7 Å². The smallest absolute Gasteiger partial charge is 0.131 e. The fourth-order valence-electron chi connectivity index (χ4n) is 2.10. The molecule has 0 fully saturated rings. The Morgan fingerprint density at radius 2 is 1.95 bits per heavy atom. The number of nitrogens with zero attached hydrogens (tertiary/aromatic N) is 3. The van der Waals surface area contributed by atoms with Gasteiger partial charge in [0.05, 0.1) is 17.6 Å². The molecule has 1 N–H and O–H groups in total. The first kappa shape index (κ1) is 15.9. The summed E-state index contributed by atoms with van der Waals surface area (Å²) in [7, 11) is 1.96. The van der Waals surface area contributed by atoms with Crippen LogP contribution in [0, 0.1) is 5.92 Å². The van der Waals surface area contributed by atoms with Gasteiger partial charge in [0.15, 0.2) is 0 Å². The minimum Gasteiger partial charge on any atom is -0.369 e. The Morgan fingerprint density at radius 3 is 2.42 bits per heavy atom. The second-order valence-corrected chi connectivity index (χ2v) is 5.68. The molecular formula is C15H28N4. The lowest BCUT2D eigenvalue weighted by Gasteiger charge is -2.27. The molecular weight excluding hydrogens is 236 g/mol. The van der Waals surface area contributed by atoms with Crippen LogP contribution in [0.25, 0.3) is 0 Å². The zero-order valence-corrected chi connectivity index (χ0v) is 13.2. The van der Waals surface area contributed by atoms with Crippen LogP contribution in [-0.4, -0.2) is 30.1 Å². The van der Waals surface area contributed by atoms with Crippen molar-refractivity contribution < 1.29 is 0 Å². The molecule has 0 bridgehead atoms. The van der Waals surface area contributed by atoms with E-state index in [1.165, 1.54) is 0 Å². The number of anilines is 1. The van der Waals surface area contributed by atoms with Gasteiger partial charge in [0.25, 0.3) is 0 Å². The Kier molecular flexibility index (Phi) is 6.22. The van der Waals surface area contributed by atoms with Crippen LogP contribution in [-0.2, 0) is 6.54 Å². The van der Waals surface area contributed by atoms with E-state index in [9.17, 15) is 0 Å². The fraction of sp³-hybridized carbons (Fsp3) is 0.733. The molecule has 0 unspecified atom stereocenters. The highest BCUT2D eigenvalue weighted by Crippen LogP contribution is 2.21. The minimum atomic E-state index is 0.366. The second kappa shape index (κ2) is 7.43. The molecule has 108 valence electrons. The second-order valence-electron chi connectivity index (χ2n) is 5.68. The van der Waals surface area contributed by atoms with Crippen molar-refractivity contribution in [2.24, 2.45) is 5.92 Å². The SMILES string of the molecule is CCN(CC(C)C)c1cnc(C(C)C)nc1CNC. The molecule has 0 aliphatic carbocycles. The van der Waals surface area contributed by atoms with Crippen molar-refractivity contribution in [1.29, 1.82) is 0 Å². The molecule has 0 amide bonds. The van der Waals surface area contributed by atoms with E-state index in [0.29, 0.717) is 11.8 Å². The molecule has 0 atom stereocenters. The minimum absolute atomic E-state index is 0.366. The Morgan fingerprint density at radius 1 is 1.26 bits per heavy atom. The number of rotatable bonds is 7. The normalized spacial score (nSPS) is 11.4. The highest BCUT2D eigenvalue weighted by molar-refractivity contribution is 5.49. The summed E-state index contributed by atoms with van der Waals surface area (Å²) in [4.78, 5) is 11.6. The van der Waals surface area contributed by atoms with Crippen LogP contribution in [0.3, 0.4) is 0 Å². The quantitative estimate of drug-likeness (QED) is 0.822. The van der Waals surface area contributed by atoms with E-state index < -0.39 is 0 Å². The van der Waals surface area contributed by atoms with Gasteiger partial charge in [-0.2, -0.15) is 0 Å². The molecule has 19 heavy (non-hydrogen) atoms. The summed E-state index contributed by atoms with van der Waals surface area (Å²) in [5.74, 6) is 1.92. The van der Waals surface area contributed by atoms with Crippen LogP contribution in [0.4, 0.5) is 5.69 Å². The first-order chi connectivity index (χ1) is 8.99. The molecule has 0 aromatic carbocycles. The van der Waals surface area contributed by atoms with Gasteiger partial charge >= 0.3 is 0 Å². The van der Waals surface area contributed by atoms with E-state index in [1.54, 1.807) is 0 Å². The summed E-state index contributed by atoms with van der Waals surface area (Å²) in [6.07, 6.45) is 1.99. The molecule has 0 saturated heterocycles. The van der Waals surface area contributed by atoms with E-state index in [0.717, 1.165) is 36.8 Å². The predicted octanol–water partition coefficient (Wildman–Crippen LogP) is 2.80. The average Bonchev–Trinajstić information content (AvgIpc) is 2.36. The Labute approximate surface area is 117 Å². The maximum absolute atomic E-state index is 4.72. The number of nitrogens with one attached hydrogen (secondary N) is 1. The lowest BCUT2D eigenvalue weighted by molar-refractivity contribution is 0.611. The molecule has 0 saturated carbocycles. The summed E-state index contributed by atoms with van der Waals surface area (Å²) < 4.78 is 0. The topological polar surface area (TPSA) is 41.1 Å². The Hall–Kier alpha value is -1.16. The Bertz CT molecular complexity index is 388. The van der Waals surface area contributed by atoms with Gasteiger partial charge in [0.2, 0.25) is 0 Å². The molecule has 0 radical (unpaired) electrons. The summed E-state index contributed by atoms with van der Waals surface area (Å²) in [5, 5.41) is 3.21. The number of hydrogen-bond donors (Lipinski definition) is 1. The van der Waals surface area contributed by atoms with Crippen LogP contribution in [0.5, 0.6) is 0 Å². The van der Waals surface area contributed by atoms with Crippen molar-refractivity contribution in [2.75, 3.05) is 25.0 Å². The van der Waals surface area contributed by atoms with E-state index in [2.05, 4.69) is 49.8 Å². The summed E-state index contributed by atoms with van der Waals surface area (Å²) >= 11 is 0. The molecule has 0 aliphatic rings. The van der Waals surface area contributed by atoms with Crippen molar-refractivity contribution in [3.63, 3.8) is 0 Å². The summed E-state index contributed by atoms with van der Waals surface area (Å²) in [6.45, 7) is 13.7. The predicted molar refractivity (Wildman–Crippen MR) is 81.6 cm³/mol. The maximum atomic E-state index is 4.72. The van der Waals surface area contributed by atoms with Gasteiger partial charge in [-0.15, -0.1) is 0 Å². The van der Waals surface area contributed by atoms with Crippen molar-refractivity contribution in [2.45, 2.75) is 47.1 Å². The van der Waals surface area contributed by atoms with E-state index in [4.69, 9.17) is 4.98 Å². The lowest BCUT2D eigenvalue weighted by atomic mass is 10.1. The van der Waals surface area contributed by atoms with Gasteiger partial charge in [0, 0.05) is 25.6 Å². The average molecular weight is 264 g/mol. The monoisotopic (exact) mass is 264 g/mol. The molecule has 4 nitrogen and oxygen atoms in total. The van der Waals surface area contributed by atoms with Gasteiger partial charge in [0.1, 0.15) is 5.82 Å². The third-order valence-corrected chi connectivity index (χ3v) is 3.03. The third-order valence-electron chi connectivity index (χ3n) is 3.03. The third kappa shape index (κ3) is 4.46. The van der Waals surface area contributed by atoms with Gasteiger partial charge in [-0.3, -0.25) is 0 Å². The summed E-state index contributed by atoms with van der Waals surface area (Å²) in [5.41, 5.74) is 2.26. The van der Waals surface area contributed by atoms with Crippen molar-refractivity contribution in [1.82, 2.24) is 15.3 Å². The van der Waals surface area contributed by atoms with E-state index in [-0.39, 0.29) is 0 Å². The molecule has 1 heterocycles. The highest BCUT2D eigenvalue weighted by Gasteiger charge is 2.14. The van der Waals surface area contributed by atoms with Crippen LogP contribution in [0.2, 0.25) is 0 Å². The fourth-order valence-corrected chi connectivity index (χ4v) is 2.10. The molecule has 1 aromatic heterocycles. The molecule has 1 aromatic rings. The molecule has 0 spiro atoms. The van der Waals surface area contributed by atoms with E-state index in [1.807, 2.05) is 13.2 Å². The zero-order chi connectivity index (χ0) is 14.4. The Balaban J connectivity index is 3.09. The van der Waals surface area contributed by atoms with Gasteiger partial charge < -0.3 is 10.2 Å². The van der Waals surface area contributed by atoms with Crippen molar-refractivity contribution >= 4 is 5.69 Å². The largest absolute Gasteiger partial charge is 0.369 e. The first-order valence-electron chi connectivity index (χ1n) is 7.24.